The zero-order valence-corrected chi connectivity index (χ0v) is 16.5. The molecule has 6 nitrogen and oxygen atoms in total. The highest BCUT2D eigenvalue weighted by Gasteiger charge is 2.36. The average molecular weight is 374 g/mol. The first-order chi connectivity index (χ1) is 12.8. The first-order valence-electron chi connectivity index (χ1n) is 9.70. The number of aryl methyl sites for hydroxylation is 1. The molecule has 27 heavy (non-hydrogen) atoms. The maximum atomic E-state index is 12.7. The predicted molar refractivity (Wildman–Crippen MR) is 103 cm³/mol. The maximum Gasteiger partial charge on any atom is 0.311 e. The largest absolute Gasteiger partial charge is 0.481 e. The number of amides is 2. The highest BCUT2D eigenvalue weighted by Crippen LogP contribution is 2.26. The van der Waals surface area contributed by atoms with E-state index in [1.807, 2.05) is 45.0 Å². The van der Waals surface area contributed by atoms with Crippen LogP contribution in [0.15, 0.2) is 24.3 Å². The average Bonchev–Trinajstić information content (AvgIpc) is 2.69. The molecule has 1 heterocycles. The van der Waals surface area contributed by atoms with Crippen LogP contribution >= 0.6 is 0 Å². The Morgan fingerprint density at radius 3 is 2.37 bits per heavy atom. The van der Waals surface area contributed by atoms with Gasteiger partial charge in [-0.15, -0.1) is 0 Å². The van der Waals surface area contributed by atoms with Crippen LogP contribution in [0.25, 0.3) is 0 Å². The van der Waals surface area contributed by atoms with Crippen LogP contribution in [0.3, 0.4) is 0 Å². The van der Waals surface area contributed by atoms with Gasteiger partial charge in [0.2, 0.25) is 5.91 Å². The minimum absolute atomic E-state index is 0.0606. The first-order valence-corrected chi connectivity index (χ1v) is 9.70. The number of nitrogens with zero attached hydrogens (tertiary/aromatic N) is 1. The van der Waals surface area contributed by atoms with Gasteiger partial charge in [-0.2, -0.15) is 0 Å². The van der Waals surface area contributed by atoms with Crippen molar-refractivity contribution in [3.63, 3.8) is 0 Å². The van der Waals surface area contributed by atoms with E-state index in [1.54, 1.807) is 4.90 Å². The van der Waals surface area contributed by atoms with E-state index in [0.717, 1.165) is 12.0 Å². The van der Waals surface area contributed by atoms with E-state index < -0.39 is 11.4 Å². The van der Waals surface area contributed by atoms with E-state index in [2.05, 4.69) is 5.32 Å². The van der Waals surface area contributed by atoms with Gasteiger partial charge in [-0.1, -0.05) is 31.5 Å². The minimum atomic E-state index is -0.929. The molecule has 1 aromatic carbocycles. The van der Waals surface area contributed by atoms with Crippen molar-refractivity contribution >= 4 is 17.8 Å². The summed E-state index contributed by atoms with van der Waals surface area (Å²) >= 11 is 0. The number of piperidine rings is 1. The van der Waals surface area contributed by atoms with E-state index in [0.29, 0.717) is 37.9 Å². The molecule has 2 N–H and O–H groups in total. The van der Waals surface area contributed by atoms with Gasteiger partial charge < -0.3 is 15.3 Å². The van der Waals surface area contributed by atoms with Crippen molar-refractivity contribution in [3.05, 3.63) is 35.4 Å². The molecule has 1 saturated heterocycles. The molecular weight excluding hydrogens is 344 g/mol. The van der Waals surface area contributed by atoms with Gasteiger partial charge in [-0.05, 0) is 44.7 Å². The number of benzene rings is 1. The zero-order valence-electron chi connectivity index (χ0n) is 16.5. The van der Waals surface area contributed by atoms with Crippen LogP contribution in [-0.4, -0.2) is 47.4 Å². The van der Waals surface area contributed by atoms with E-state index in [4.69, 9.17) is 0 Å². The van der Waals surface area contributed by atoms with Crippen LogP contribution in [-0.2, 0) is 9.59 Å². The quantitative estimate of drug-likeness (QED) is 0.768. The Labute approximate surface area is 160 Å². The van der Waals surface area contributed by atoms with Gasteiger partial charge in [0.1, 0.15) is 0 Å². The fourth-order valence-electron chi connectivity index (χ4n) is 3.53. The number of hydrogen-bond acceptors (Lipinski definition) is 3. The Balaban J connectivity index is 1.98. The van der Waals surface area contributed by atoms with Crippen LogP contribution in [0.4, 0.5) is 0 Å². The lowest BCUT2D eigenvalue weighted by atomic mass is 9.82. The maximum absolute atomic E-state index is 12.7. The summed E-state index contributed by atoms with van der Waals surface area (Å²) in [6, 6.07) is 7.43. The van der Waals surface area contributed by atoms with E-state index in [-0.39, 0.29) is 24.3 Å². The topological polar surface area (TPSA) is 86.7 Å². The number of rotatable bonds is 7. The summed E-state index contributed by atoms with van der Waals surface area (Å²) < 4.78 is 0. The van der Waals surface area contributed by atoms with E-state index in [9.17, 15) is 19.5 Å². The number of likely N-dealkylation sites (tertiary alicyclic amines) is 1. The Morgan fingerprint density at radius 1 is 1.19 bits per heavy atom. The fraction of sp³-hybridized carbons (Fsp3) is 0.571. The summed E-state index contributed by atoms with van der Waals surface area (Å²) in [5.74, 6) is -1.40. The van der Waals surface area contributed by atoms with Crippen molar-refractivity contribution in [3.8, 4) is 0 Å². The molecule has 148 valence electrons. The molecule has 0 radical (unpaired) electrons. The summed E-state index contributed by atoms with van der Waals surface area (Å²) in [6.45, 7) is 6.75. The zero-order chi connectivity index (χ0) is 20.0. The van der Waals surface area contributed by atoms with Crippen molar-refractivity contribution in [1.82, 2.24) is 10.2 Å². The molecule has 1 aromatic rings. The summed E-state index contributed by atoms with van der Waals surface area (Å²) in [5.41, 5.74) is 0.793. The van der Waals surface area contributed by atoms with Crippen molar-refractivity contribution in [2.45, 2.75) is 46.5 Å². The molecule has 0 bridgehead atoms. The van der Waals surface area contributed by atoms with Crippen molar-refractivity contribution in [2.24, 2.45) is 11.3 Å². The second-order valence-electron chi connectivity index (χ2n) is 7.47. The third-order valence-corrected chi connectivity index (χ3v) is 5.79. The predicted octanol–water partition coefficient (Wildman–Crippen LogP) is 2.85. The molecule has 1 aliphatic rings. The van der Waals surface area contributed by atoms with Gasteiger partial charge in [0, 0.05) is 25.2 Å². The molecule has 0 spiro atoms. The number of carbonyl (C=O) groups excluding carboxylic acids is 2. The molecule has 1 fully saturated rings. The number of hydrogen-bond donors (Lipinski definition) is 2. The fourth-order valence-corrected chi connectivity index (χ4v) is 3.53. The number of aliphatic carboxylic acids is 1. The van der Waals surface area contributed by atoms with Crippen molar-refractivity contribution in [2.75, 3.05) is 19.6 Å². The highest BCUT2D eigenvalue weighted by atomic mass is 16.4. The molecular formula is C21H30N2O4. The third kappa shape index (κ3) is 4.87. The van der Waals surface area contributed by atoms with Gasteiger partial charge in [0.05, 0.1) is 11.3 Å². The number of nitrogens with one attached hydrogen (secondary N) is 1. The van der Waals surface area contributed by atoms with Crippen molar-refractivity contribution in [1.29, 1.82) is 0 Å². The Hall–Kier alpha value is -2.37. The molecule has 0 aromatic heterocycles. The van der Waals surface area contributed by atoms with Crippen LogP contribution in [0.5, 0.6) is 0 Å². The Kier molecular flexibility index (Phi) is 6.99. The molecule has 1 atom stereocenters. The van der Waals surface area contributed by atoms with Gasteiger partial charge in [0.25, 0.3) is 5.91 Å². The van der Waals surface area contributed by atoms with Gasteiger partial charge in [-0.25, -0.2) is 0 Å². The Morgan fingerprint density at radius 2 is 1.81 bits per heavy atom. The van der Waals surface area contributed by atoms with Gasteiger partial charge in [-0.3, -0.25) is 14.4 Å². The van der Waals surface area contributed by atoms with Gasteiger partial charge in [0.15, 0.2) is 0 Å². The summed E-state index contributed by atoms with van der Waals surface area (Å²) in [7, 11) is 0. The van der Waals surface area contributed by atoms with Crippen LogP contribution < -0.4 is 5.32 Å². The SMILES string of the molecule is CCC(CC)(CNC(=O)C1CCCN(C(=O)c2ccc(C)cc2)C1)C(=O)O. The van der Waals surface area contributed by atoms with E-state index >= 15 is 0 Å². The molecule has 6 heteroatoms. The lowest BCUT2D eigenvalue weighted by Crippen LogP contribution is -2.48. The Bertz CT molecular complexity index is 680. The van der Waals surface area contributed by atoms with Crippen LogP contribution in [0, 0.1) is 18.3 Å². The van der Waals surface area contributed by atoms with Gasteiger partial charge >= 0.3 is 5.97 Å². The summed E-state index contributed by atoms with van der Waals surface area (Å²) in [5, 5.41) is 12.3. The third-order valence-electron chi connectivity index (χ3n) is 5.79. The molecule has 2 rings (SSSR count). The molecule has 1 aliphatic heterocycles. The second kappa shape index (κ2) is 9.02. The smallest absolute Gasteiger partial charge is 0.311 e. The molecule has 1 unspecified atom stereocenters. The van der Waals surface area contributed by atoms with Crippen molar-refractivity contribution < 1.29 is 19.5 Å². The molecule has 0 saturated carbocycles. The number of carbonyl (C=O) groups is 3. The summed E-state index contributed by atoms with van der Waals surface area (Å²) in [4.78, 5) is 38.6. The monoisotopic (exact) mass is 374 g/mol. The lowest BCUT2D eigenvalue weighted by molar-refractivity contribution is -0.149. The number of carboxylic acids is 1. The summed E-state index contributed by atoms with van der Waals surface area (Å²) in [6.07, 6.45) is 2.40. The first kappa shape index (κ1) is 20.9. The normalized spacial score (nSPS) is 17.4. The van der Waals surface area contributed by atoms with Crippen LogP contribution in [0.1, 0.15) is 55.5 Å². The molecule has 0 aliphatic carbocycles. The molecule has 2 amide bonds. The lowest BCUT2D eigenvalue weighted by Gasteiger charge is -2.33. The van der Waals surface area contributed by atoms with E-state index in [1.165, 1.54) is 0 Å². The van der Waals surface area contributed by atoms with Crippen LogP contribution in [0.2, 0.25) is 0 Å². The minimum Gasteiger partial charge on any atom is -0.481 e. The second-order valence-corrected chi connectivity index (χ2v) is 7.47. The number of carboxylic acid groups (broad SMARTS) is 1. The highest BCUT2D eigenvalue weighted by molar-refractivity contribution is 5.94. The standard InChI is InChI=1S/C21H30N2O4/c1-4-21(5-2,20(26)27)14-22-18(24)17-7-6-12-23(13-17)19(25)16-10-8-15(3)9-11-16/h8-11,17H,4-7,12-14H2,1-3H3,(H,22,24)(H,26,27).